The van der Waals surface area contributed by atoms with Crippen LogP contribution in [0.15, 0.2) is 24.3 Å². The van der Waals surface area contributed by atoms with Crippen molar-refractivity contribution in [2.45, 2.75) is 13.3 Å². The van der Waals surface area contributed by atoms with E-state index in [4.69, 9.17) is 5.84 Å². The van der Waals surface area contributed by atoms with Crippen LogP contribution in [-0.4, -0.2) is 41.5 Å². The summed E-state index contributed by atoms with van der Waals surface area (Å²) in [6.45, 7) is 3.11. The Kier molecular flexibility index (Phi) is 4.01. The molecule has 1 aliphatic heterocycles. The first-order chi connectivity index (χ1) is 9.06. The highest BCUT2D eigenvalue weighted by atomic mass is 16.2. The molecule has 19 heavy (non-hydrogen) atoms. The van der Waals surface area contributed by atoms with Crippen LogP contribution in [-0.2, 0) is 4.79 Å². The molecule has 0 aromatic heterocycles. The molecule has 0 bridgehead atoms. The average molecular weight is 262 g/mol. The van der Waals surface area contributed by atoms with Gasteiger partial charge in [0.05, 0.1) is 0 Å². The third-order valence-electron chi connectivity index (χ3n) is 3.01. The molecule has 1 aromatic carbocycles. The molecule has 0 aliphatic carbocycles. The Morgan fingerprint density at radius 3 is 2.68 bits per heavy atom. The summed E-state index contributed by atoms with van der Waals surface area (Å²) >= 11 is 0. The second-order valence-electron chi connectivity index (χ2n) is 4.67. The van der Waals surface area contributed by atoms with Crippen molar-refractivity contribution in [3.05, 3.63) is 29.8 Å². The molecular formula is C13H18N4O2. The van der Waals surface area contributed by atoms with Crippen molar-refractivity contribution in [3.63, 3.8) is 0 Å². The maximum Gasteiger partial charge on any atom is 0.334 e. The molecule has 6 nitrogen and oxygen atoms in total. The normalized spacial score (nSPS) is 15.6. The van der Waals surface area contributed by atoms with Gasteiger partial charge in [0.1, 0.15) is 6.54 Å². The Bertz CT molecular complexity index is 472. The first-order valence-corrected chi connectivity index (χ1v) is 6.24. The highest BCUT2D eigenvalue weighted by Gasteiger charge is 2.24. The van der Waals surface area contributed by atoms with Gasteiger partial charge in [-0.15, -0.1) is 0 Å². The molecule has 0 unspecified atom stereocenters. The number of anilines is 1. The van der Waals surface area contributed by atoms with Gasteiger partial charge < -0.3 is 10.2 Å². The smallest absolute Gasteiger partial charge is 0.325 e. The van der Waals surface area contributed by atoms with Gasteiger partial charge in [0, 0.05) is 18.8 Å². The average Bonchev–Trinajstić information content (AvgIpc) is 2.38. The Labute approximate surface area is 112 Å². The van der Waals surface area contributed by atoms with Gasteiger partial charge in [0.15, 0.2) is 0 Å². The zero-order valence-corrected chi connectivity index (χ0v) is 10.9. The van der Waals surface area contributed by atoms with Crippen molar-refractivity contribution in [2.24, 2.45) is 5.84 Å². The number of hydrogen-bond acceptors (Lipinski definition) is 3. The van der Waals surface area contributed by atoms with Crippen LogP contribution in [0.2, 0.25) is 0 Å². The van der Waals surface area contributed by atoms with E-state index in [1.165, 1.54) is 4.90 Å². The number of aryl methyl sites for hydroxylation is 1. The number of benzene rings is 1. The van der Waals surface area contributed by atoms with Crippen LogP contribution >= 0.6 is 0 Å². The lowest BCUT2D eigenvalue weighted by molar-refractivity contribution is -0.117. The van der Waals surface area contributed by atoms with Crippen LogP contribution in [0.3, 0.4) is 0 Å². The standard InChI is InChI=1S/C13H18N4O2/c1-10-3-5-11(6-4-10)15-12(18)9-16-7-2-8-17(14)13(16)19/h3-6H,2,7-9,14H2,1H3,(H,15,18). The predicted molar refractivity (Wildman–Crippen MR) is 72.3 cm³/mol. The van der Waals surface area contributed by atoms with E-state index in [0.717, 1.165) is 22.7 Å². The summed E-state index contributed by atoms with van der Waals surface area (Å²) in [7, 11) is 0. The van der Waals surface area contributed by atoms with Crippen molar-refractivity contribution in [2.75, 3.05) is 25.0 Å². The van der Waals surface area contributed by atoms with Gasteiger partial charge in [-0.25, -0.2) is 10.6 Å². The zero-order chi connectivity index (χ0) is 13.8. The molecule has 0 saturated carbocycles. The summed E-state index contributed by atoms with van der Waals surface area (Å²) in [6, 6.07) is 7.21. The minimum atomic E-state index is -0.301. The second-order valence-corrected chi connectivity index (χ2v) is 4.67. The molecule has 2 rings (SSSR count). The second kappa shape index (κ2) is 5.71. The van der Waals surface area contributed by atoms with E-state index < -0.39 is 0 Å². The van der Waals surface area contributed by atoms with E-state index in [-0.39, 0.29) is 18.5 Å². The number of nitrogens with two attached hydrogens (primary N) is 1. The summed E-state index contributed by atoms with van der Waals surface area (Å²) < 4.78 is 0. The SMILES string of the molecule is Cc1ccc(NC(=O)CN2CCCN(N)C2=O)cc1. The van der Waals surface area contributed by atoms with Crippen LogP contribution in [0.5, 0.6) is 0 Å². The van der Waals surface area contributed by atoms with E-state index in [1.807, 2.05) is 31.2 Å². The molecular weight excluding hydrogens is 244 g/mol. The molecule has 1 fully saturated rings. The number of hydrogen-bond donors (Lipinski definition) is 2. The predicted octanol–water partition coefficient (Wildman–Crippen LogP) is 0.935. The fraction of sp³-hybridized carbons (Fsp3) is 0.385. The fourth-order valence-electron chi connectivity index (χ4n) is 1.96. The molecule has 1 saturated heterocycles. The number of nitrogens with zero attached hydrogens (tertiary/aromatic N) is 2. The lowest BCUT2D eigenvalue weighted by atomic mass is 10.2. The van der Waals surface area contributed by atoms with E-state index in [0.29, 0.717) is 13.1 Å². The van der Waals surface area contributed by atoms with Crippen molar-refractivity contribution in [1.82, 2.24) is 9.91 Å². The third-order valence-corrected chi connectivity index (χ3v) is 3.01. The van der Waals surface area contributed by atoms with Crippen LogP contribution < -0.4 is 11.2 Å². The van der Waals surface area contributed by atoms with Crippen molar-refractivity contribution in [1.29, 1.82) is 0 Å². The molecule has 1 aliphatic rings. The minimum Gasteiger partial charge on any atom is -0.325 e. The molecule has 0 spiro atoms. The first kappa shape index (κ1) is 13.4. The lowest BCUT2D eigenvalue weighted by Gasteiger charge is -2.32. The van der Waals surface area contributed by atoms with Gasteiger partial charge in [-0.1, -0.05) is 17.7 Å². The monoisotopic (exact) mass is 262 g/mol. The van der Waals surface area contributed by atoms with Crippen LogP contribution in [0.25, 0.3) is 0 Å². The summed E-state index contributed by atoms with van der Waals surface area (Å²) in [5.74, 6) is 5.31. The lowest BCUT2D eigenvalue weighted by Crippen LogP contribution is -2.54. The molecule has 102 valence electrons. The van der Waals surface area contributed by atoms with Crippen LogP contribution in [0.1, 0.15) is 12.0 Å². The molecule has 6 heteroatoms. The fourth-order valence-corrected chi connectivity index (χ4v) is 1.96. The maximum absolute atomic E-state index is 11.9. The number of carbonyl (C=O) groups excluding carboxylic acids is 2. The van der Waals surface area contributed by atoms with Gasteiger partial charge in [-0.2, -0.15) is 0 Å². The molecule has 3 N–H and O–H groups in total. The van der Waals surface area contributed by atoms with E-state index >= 15 is 0 Å². The van der Waals surface area contributed by atoms with Crippen molar-refractivity contribution < 1.29 is 9.59 Å². The van der Waals surface area contributed by atoms with Gasteiger partial charge in [0.25, 0.3) is 0 Å². The third kappa shape index (κ3) is 3.45. The van der Waals surface area contributed by atoms with Crippen LogP contribution in [0.4, 0.5) is 10.5 Å². The maximum atomic E-state index is 11.9. The molecule has 1 aromatic rings. The van der Waals surface area contributed by atoms with Crippen molar-refractivity contribution in [3.8, 4) is 0 Å². The number of carbonyl (C=O) groups is 2. The zero-order valence-electron chi connectivity index (χ0n) is 10.9. The largest absolute Gasteiger partial charge is 0.334 e. The molecule has 3 amide bonds. The van der Waals surface area contributed by atoms with Crippen molar-refractivity contribution >= 4 is 17.6 Å². The Balaban J connectivity index is 1.90. The number of hydrazine groups is 1. The number of amides is 3. The van der Waals surface area contributed by atoms with Gasteiger partial charge in [0.2, 0.25) is 5.91 Å². The summed E-state index contributed by atoms with van der Waals surface area (Å²) in [5.41, 5.74) is 1.85. The summed E-state index contributed by atoms with van der Waals surface area (Å²) in [6.07, 6.45) is 0.778. The van der Waals surface area contributed by atoms with E-state index in [1.54, 1.807) is 0 Å². The number of urea groups is 1. The minimum absolute atomic E-state index is 0.0282. The number of rotatable bonds is 3. The quantitative estimate of drug-likeness (QED) is 0.628. The van der Waals surface area contributed by atoms with Gasteiger partial charge >= 0.3 is 6.03 Å². The van der Waals surface area contributed by atoms with E-state index in [9.17, 15) is 9.59 Å². The molecule has 1 heterocycles. The summed E-state index contributed by atoms with van der Waals surface area (Å²) in [4.78, 5) is 25.0. The van der Waals surface area contributed by atoms with Gasteiger partial charge in [-0.05, 0) is 25.5 Å². The first-order valence-electron chi connectivity index (χ1n) is 6.24. The van der Waals surface area contributed by atoms with E-state index in [2.05, 4.69) is 5.32 Å². The Hall–Kier alpha value is -2.08. The topological polar surface area (TPSA) is 78.7 Å². The molecule has 0 radical (unpaired) electrons. The highest BCUT2D eigenvalue weighted by Crippen LogP contribution is 2.10. The Morgan fingerprint density at radius 2 is 2.00 bits per heavy atom. The molecule has 0 atom stereocenters. The number of nitrogens with one attached hydrogen (secondary N) is 1. The Morgan fingerprint density at radius 1 is 1.32 bits per heavy atom. The highest BCUT2D eigenvalue weighted by molar-refractivity contribution is 5.94. The van der Waals surface area contributed by atoms with Gasteiger partial charge in [-0.3, -0.25) is 9.80 Å². The van der Waals surface area contributed by atoms with Crippen LogP contribution in [0, 0.1) is 6.92 Å². The summed E-state index contributed by atoms with van der Waals surface area (Å²) in [5, 5.41) is 3.90.